The molecule has 2 saturated heterocycles. The van der Waals surface area contributed by atoms with Gasteiger partial charge in [-0.05, 0) is 101 Å². The van der Waals surface area contributed by atoms with Crippen LogP contribution in [-0.2, 0) is 32.3 Å². The molecule has 0 aromatic carbocycles. The zero-order valence-electron chi connectivity index (χ0n) is 35.6. The van der Waals surface area contributed by atoms with Crippen molar-refractivity contribution in [3.63, 3.8) is 0 Å². The Morgan fingerprint density at radius 1 is 0.840 bits per heavy atom. The van der Waals surface area contributed by atoms with Gasteiger partial charge in [-0.3, -0.25) is 4.79 Å². The van der Waals surface area contributed by atoms with Crippen molar-refractivity contribution in [2.75, 3.05) is 6.61 Å². The zero-order chi connectivity index (χ0) is 38.4. The monoisotopic (exact) mass is 757 g/mol. The predicted octanol–water partition coefficient (Wildman–Crippen LogP) is 11.5. The molecular formula is C40H80O7Si3. The van der Waals surface area contributed by atoms with Crippen LogP contribution in [0, 0.1) is 5.92 Å². The summed E-state index contributed by atoms with van der Waals surface area (Å²) in [5.41, 5.74) is 0.143. The highest BCUT2D eigenvalue weighted by atomic mass is 28.4. The molecule has 6 atom stereocenters. The van der Waals surface area contributed by atoms with Crippen LogP contribution in [0.25, 0.3) is 0 Å². The van der Waals surface area contributed by atoms with Crippen LogP contribution in [0.15, 0.2) is 12.2 Å². The molecule has 0 N–H and O–H groups in total. The molecule has 0 aliphatic carbocycles. The molecule has 1 spiro atoms. The summed E-state index contributed by atoms with van der Waals surface area (Å²) in [6.07, 6.45) is 2.90. The second kappa shape index (κ2) is 17.9. The van der Waals surface area contributed by atoms with Crippen LogP contribution in [-0.4, -0.2) is 72.8 Å². The first-order valence-corrected chi connectivity index (χ1v) is 28.1. The van der Waals surface area contributed by atoms with E-state index in [0.717, 1.165) is 54.7 Å². The average molecular weight is 757 g/mol. The summed E-state index contributed by atoms with van der Waals surface area (Å²) in [5, 5.41) is 0.0466. The van der Waals surface area contributed by atoms with Crippen LogP contribution in [0.5, 0.6) is 0 Å². The van der Waals surface area contributed by atoms with E-state index < -0.39 is 41.9 Å². The largest absolute Gasteiger partial charge is 0.460 e. The molecule has 0 saturated carbocycles. The smallest absolute Gasteiger partial charge is 0.308 e. The molecule has 7 nitrogen and oxygen atoms in total. The Hall–Kier alpha value is -0.339. The van der Waals surface area contributed by atoms with Crippen molar-refractivity contribution in [3.05, 3.63) is 12.2 Å². The SMILES string of the molecule is C=C(C[C@H]1C[C@](C)(O[Si](CC)(CC)CC)C[C@@]2(C[C@@H](O[Si](C)(C)C(C)(C)C)C[C@H](CC(=O)OC(C)(C)C)O2)O1)[C@@H](C)CO[Si](CC)(CC)CC. The minimum atomic E-state index is -2.14. The third kappa shape index (κ3) is 12.6. The minimum Gasteiger partial charge on any atom is -0.460 e. The molecule has 0 radical (unpaired) electrons. The van der Waals surface area contributed by atoms with Crippen molar-refractivity contribution in [1.82, 2.24) is 0 Å². The number of rotatable bonds is 18. The van der Waals surface area contributed by atoms with E-state index in [2.05, 4.69) is 95.8 Å². The summed E-state index contributed by atoms with van der Waals surface area (Å²) in [6.45, 7) is 40.8. The van der Waals surface area contributed by atoms with Crippen LogP contribution in [0.3, 0.4) is 0 Å². The maximum absolute atomic E-state index is 13.2. The first kappa shape index (κ1) is 45.8. The van der Waals surface area contributed by atoms with Gasteiger partial charge in [0.15, 0.2) is 30.7 Å². The van der Waals surface area contributed by atoms with Gasteiger partial charge >= 0.3 is 5.97 Å². The molecule has 0 amide bonds. The molecule has 0 bridgehead atoms. The van der Waals surface area contributed by atoms with Crippen LogP contribution < -0.4 is 0 Å². The standard InChI is InChI=1S/C40H80O7Si3/c1-18-49(19-2,20-3)42-29-32(8)31(7)24-34-27-39(15,47-50(21-4,22-5)23-6)30-40(44-34)28-35(46-48(16,17)38(12,13)14)25-33(43-40)26-36(41)45-37(9,10)11/h32-35H,7,18-30H2,1-6,8-17H3/t32-,33+,34-,35-,39-,40+/m0/s1. The molecule has 294 valence electrons. The van der Waals surface area contributed by atoms with Crippen molar-refractivity contribution in [1.29, 1.82) is 0 Å². The highest BCUT2D eigenvalue weighted by molar-refractivity contribution is 6.74. The van der Waals surface area contributed by atoms with Crippen LogP contribution in [0.2, 0.25) is 54.4 Å². The van der Waals surface area contributed by atoms with Gasteiger partial charge in [-0.15, -0.1) is 0 Å². The van der Waals surface area contributed by atoms with Gasteiger partial charge in [0.05, 0.1) is 30.3 Å². The Morgan fingerprint density at radius 2 is 1.36 bits per heavy atom. The van der Waals surface area contributed by atoms with Crippen molar-refractivity contribution < 1.29 is 32.3 Å². The van der Waals surface area contributed by atoms with E-state index in [1.165, 1.54) is 0 Å². The molecule has 50 heavy (non-hydrogen) atoms. The minimum absolute atomic E-state index is 0.0466. The molecule has 2 aliphatic heterocycles. The Balaban J connectivity index is 2.53. The van der Waals surface area contributed by atoms with Gasteiger partial charge in [0, 0.05) is 25.9 Å². The Kier molecular flexibility index (Phi) is 16.4. The lowest BCUT2D eigenvalue weighted by molar-refractivity contribution is -0.346. The summed E-state index contributed by atoms with van der Waals surface area (Å²) in [6, 6.07) is 6.65. The quantitative estimate of drug-likeness (QED) is 0.0783. The van der Waals surface area contributed by atoms with E-state index in [-0.39, 0.29) is 41.7 Å². The average Bonchev–Trinajstić information content (AvgIpc) is 2.98. The number of ether oxygens (including phenoxy) is 3. The van der Waals surface area contributed by atoms with Crippen LogP contribution >= 0.6 is 0 Å². The number of carbonyl (C=O) groups excluding carboxylic acids is 1. The third-order valence-electron chi connectivity index (χ3n) is 12.4. The number of hydrogen-bond acceptors (Lipinski definition) is 7. The van der Waals surface area contributed by atoms with Crippen molar-refractivity contribution in [2.45, 2.75) is 225 Å². The van der Waals surface area contributed by atoms with Crippen molar-refractivity contribution in [3.8, 4) is 0 Å². The van der Waals surface area contributed by atoms with Gasteiger partial charge in [0.1, 0.15) is 5.60 Å². The van der Waals surface area contributed by atoms with E-state index >= 15 is 0 Å². The molecule has 2 aliphatic rings. The van der Waals surface area contributed by atoms with E-state index in [1.54, 1.807) is 0 Å². The molecule has 0 aromatic heterocycles. The second-order valence-corrected chi connectivity index (χ2v) is 32.8. The summed E-state index contributed by atoms with van der Waals surface area (Å²) >= 11 is 0. The highest BCUT2D eigenvalue weighted by Crippen LogP contribution is 2.50. The van der Waals surface area contributed by atoms with Gasteiger partial charge in [-0.2, -0.15) is 0 Å². The van der Waals surface area contributed by atoms with Crippen molar-refractivity contribution >= 4 is 30.9 Å². The highest BCUT2D eigenvalue weighted by Gasteiger charge is 2.56. The fraction of sp³-hybridized carbons (Fsp3) is 0.925. The fourth-order valence-corrected chi connectivity index (χ4v) is 15.1. The molecule has 2 fully saturated rings. The number of carbonyl (C=O) groups is 1. The second-order valence-electron chi connectivity index (χ2n) is 18.6. The number of hydrogen-bond donors (Lipinski definition) is 0. The number of esters is 1. The maximum Gasteiger partial charge on any atom is 0.308 e. The lowest BCUT2D eigenvalue weighted by Crippen LogP contribution is -2.62. The van der Waals surface area contributed by atoms with Gasteiger partial charge < -0.3 is 27.5 Å². The van der Waals surface area contributed by atoms with Gasteiger partial charge in [0.25, 0.3) is 0 Å². The van der Waals surface area contributed by atoms with Gasteiger partial charge in [-0.1, -0.05) is 81.4 Å². The normalized spacial score (nSPS) is 27.7. The molecule has 0 aromatic rings. The summed E-state index contributed by atoms with van der Waals surface area (Å²) in [7, 11) is -5.84. The Bertz CT molecular complexity index is 1070. The first-order chi connectivity index (χ1) is 22.9. The molecule has 2 heterocycles. The molecular weight excluding hydrogens is 677 g/mol. The van der Waals surface area contributed by atoms with E-state index in [4.69, 9.17) is 27.5 Å². The van der Waals surface area contributed by atoms with E-state index in [1.807, 2.05) is 20.8 Å². The fourth-order valence-electron chi connectivity index (χ4n) is 7.85. The van der Waals surface area contributed by atoms with Crippen molar-refractivity contribution in [2.24, 2.45) is 5.92 Å². The molecule has 2 rings (SSSR count). The predicted molar refractivity (Wildman–Crippen MR) is 216 cm³/mol. The first-order valence-electron chi connectivity index (χ1n) is 20.1. The topological polar surface area (TPSA) is 72.5 Å². The van der Waals surface area contributed by atoms with Crippen LogP contribution in [0.1, 0.15) is 135 Å². The molecule has 0 unspecified atom stereocenters. The lowest BCUT2D eigenvalue weighted by Gasteiger charge is -2.56. The van der Waals surface area contributed by atoms with Crippen LogP contribution in [0.4, 0.5) is 0 Å². The van der Waals surface area contributed by atoms with Gasteiger partial charge in [-0.25, -0.2) is 0 Å². The summed E-state index contributed by atoms with van der Waals surface area (Å²) < 4.78 is 41.3. The van der Waals surface area contributed by atoms with E-state index in [9.17, 15) is 4.79 Å². The molecule has 10 heteroatoms. The third-order valence-corrected chi connectivity index (χ3v) is 26.3. The zero-order valence-corrected chi connectivity index (χ0v) is 38.6. The lowest BCUT2D eigenvalue weighted by atomic mass is 9.80. The summed E-state index contributed by atoms with van der Waals surface area (Å²) in [5.74, 6) is -0.975. The summed E-state index contributed by atoms with van der Waals surface area (Å²) in [4.78, 5) is 13.2. The van der Waals surface area contributed by atoms with E-state index in [0.29, 0.717) is 25.9 Å². The van der Waals surface area contributed by atoms with Gasteiger partial charge in [0.2, 0.25) is 0 Å². The Labute approximate surface area is 312 Å². The Morgan fingerprint density at radius 3 is 1.84 bits per heavy atom. The maximum atomic E-state index is 13.2.